The summed E-state index contributed by atoms with van der Waals surface area (Å²) in [7, 11) is 1.52. The number of carbonyl (C=O) groups excluding carboxylic acids is 3. The van der Waals surface area contributed by atoms with Crippen molar-refractivity contribution < 1.29 is 28.6 Å². The maximum Gasteiger partial charge on any atom is 0.306 e. The van der Waals surface area contributed by atoms with Gasteiger partial charge >= 0.3 is 5.97 Å². The molecule has 5 rings (SSSR count). The molecule has 1 fully saturated rings. The summed E-state index contributed by atoms with van der Waals surface area (Å²) in [5, 5.41) is 4.14. The Morgan fingerprint density at radius 3 is 2.94 bits per heavy atom. The molecule has 3 aromatic rings. The summed E-state index contributed by atoms with van der Waals surface area (Å²) in [5.74, 6) is 0.792. The average molecular weight is 492 g/mol. The smallest absolute Gasteiger partial charge is 0.306 e. The Bertz CT molecular complexity index is 1400. The molecule has 1 aromatic carbocycles. The molecule has 0 radical (unpaired) electrons. The topological polar surface area (TPSA) is 134 Å². The van der Waals surface area contributed by atoms with Gasteiger partial charge in [-0.2, -0.15) is 4.99 Å². The number of fused-ring (bicyclic) bond motifs is 3. The van der Waals surface area contributed by atoms with E-state index in [0.717, 1.165) is 11.2 Å². The number of hydrogen-bond acceptors (Lipinski definition) is 9. The summed E-state index contributed by atoms with van der Waals surface area (Å²) in [4.78, 5) is 49.1. The predicted molar refractivity (Wildman–Crippen MR) is 128 cm³/mol. The zero-order chi connectivity index (χ0) is 25.1. The fraction of sp³-hybridized carbons (Fsp3) is 0.360. The fourth-order valence-electron chi connectivity index (χ4n) is 4.33. The van der Waals surface area contributed by atoms with Gasteiger partial charge in [0.2, 0.25) is 5.62 Å². The summed E-state index contributed by atoms with van der Waals surface area (Å²) in [6, 6.07) is 7.00. The first kappa shape index (κ1) is 23.5. The van der Waals surface area contributed by atoms with Gasteiger partial charge in [0, 0.05) is 50.1 Å². The average Bonchev–Trinajstić information content (AvgIpc) is 3.56. The molecular weight excluding hydrogens is 466 g/mol. The first-order chi connectivity index (χ1) is 17.5. The third-order valence-corrected chi connectivity index (χ3v) is 6.08. The number of cyclic esters (lactones) is 1. The Labute approximate surface area is 206 Å². The first-order valence-electron chi connectivity index (χ1n) is 11.7. The number of anilines is 1. The molecule has 1 amide bonds. The summed E-state index contributed by atoms with van der Waals surface area (Å²) in [6.07, 6.45) is 3.85. The van der Waals surface area contributed by atoms with Crippen molar-refractivity contribution in [3.63, 3.8) is 0 Å². The van der Waals surface area contributed by atoms with Crippen molar-refractivity contribution in [1.82, 2.24) is 14.5 Å². The van der Waals surface area contributed by atoms with E-state index in [1.54, 1.807) is 24.4 Å². The Balaban J connectivity index is 1.40. The lowest BCUT2D eigenvalue weighted by atomic mass is 10.1. The standard InChI is InChI=1S/C25H25N5O6/c1-34-22-19(35-13-3-5-17(31)18-8-9-20(32)36-18)7-6-16-21(22)28-25(30-12-11-27-23(16)30)29-24(33)15-4-2-10-26-14-15/h2,4,6-7,10,14,18,27H,3,5,8-9,11-13H2,1H3/t18-/m1/s1. The normalized spacial score (nSPS) is 17.0. The molecule has 11 heteroatoms. The molecule has 0 unspecified atom stereocenters. The van der Waals surface area contributed by atoms with Crippen molar-refractivity contribution in [2.24, 2.45) is 4.99 Å². The minimum atomic E-state index is -0.638. The van der Waals surface area contributed by atoms with E-state index in [-0.39, 0.29) is 36.8 Å². The van der Waals surface area contributed by atoms with Crippen molar-refractivity contribution in [1.29, 1.82) is 0 Å². The number of nitrogens with one attached hydrogen (secondary N) is 1. The zero-order valence-electron chi connectivity index (χ0n) is 19.7. The highest BCUT2D eigenvalue weighted by Crippen LogP contribution is 2.37. The van der Waals surface area contributed by atoms with Crippen LogP contribution in [-0.2, 0) is 20.9 Å². The van der Waals surface area contributed by atoms with Gasteiger partial charge in [0.15, 0.2) is 23.4 Å². The molecule has 1 N–H and O–H groups in total. The highest BCUT2D eigenvalue weighted by atomic mass is 16.6. The van der Waals surface area contributed by atoms with E-state index in [4.69, 9.17) is 14.2 Å². The van der Waals surface area contributed by atoms with E-state index in [2.05, 4.69) is 20.3 Å². The van der Waals surface area contributed by atoms with Crippen LogP contribution in [0.5, 0.6) is 11.5 Å². The van der Waals surface area contributed by atoms with Crippen molar-refractivity contribution in [3.8, 4) is 11.5 Å². The predicted octanol–water partition coefficient (Wildman–Crippen LogP) is 2.04. The molecule has 2 aliphatic rings. The third kappa shape index (κ3) is 4.64. The van der Waals surface area contributed by atoms with Crippen LogP contribution in [-0.4, -0.2) is 58.6 Å². The fourth-order valence-corrected chi connectivity index (χ4v) is 4.33. The monoisotopic (exact) mass is 491 g/mol. The number of hydrogen-bond donors (Lipinski definition) is 1. The molecule has 1 saturated heterocycles. The Morgan fingerprint density at radius 1 is 1.31 bits per heavy atom. The molecule has 2 aliphatic heterocycles. The lowest BCUT2D eigenvalue weighted by molar-refractivity contribution is -0.147. The molecule has 2 aromatic heterocycles. The molecule has 11 nitrogen and oxygen atoms in total. The number of carbonyl (C=O) groups is 3. The number of amides is 1. The summed E-state index contributed by atoms with van der Waals surface area (Å²) in [6.45, 7) is 1.56. The molecule has 0 spiro atoms. The van der Waals surface area contributed by atoms with Gasteiger partial charge in [0.05, 0.1) is 19.3 Å². The Morgan fingerprint density at radius 2 is 2.19 bits per heavy atom. The van der Waals surface area contributed by atoms with E-state index in [9.17, 15) is 14.4 Å². The highest BCUT2D eigenvalue weighted by Gasteiger charge is 2.29. The maximum absolute atomic E-state index is 12.7. The molecule has 0 saturated carbocycles. The van der Waals surface area contributed by atoms with Gasteiger partial charge < -0.3 is 19.5 Å². The van der Waals surface area contributed by atoms with Gasteiger partial charge in [-0.05, 0) is 30.7 Å². The van der Waals surface area contributed by atoms with Gasteiger partial charge in [-0.1, -0.05) is 0 Å². The van der Waals surface area contributed by atoms with Gasteiger partial charge in [0.25, 0.3) is 5.91 Å². The van der Waals surface area contributed by atoms with Crippen molar-refractivity contribution in [2.75, 3.05) is 25.6 Å². The number of rotatable bonds is 8. The van der Waals surface area contributed by atoms with Crippen molar-refractivity contribution >= 4 is 34.4 Å². The lowest BCUT2D eigenvalue weighted by Gasteiger charge is -2.15. The van der Waals surface area contributed by atoms with Gasteiger partial charge in [-0.25, -0.2) is 4.98 Å². The zero-order valence-corrected chi connectivity index (χ0v) is 19.7. The highest BCUT2D eigenvalue weighted by molar-refractivity contribution is 5.96. The summed E-state index contributed by atoms with van der Waals surface area (Å²) < 4.78 is 18.5. The number of ether oxygens (including phenoxy) is 3. The van der Waals surface area contributed by atoms with E-state index in [0.29, 0.717) is 48.5 Å². The van der Waals surface area contributed by atoms with Crippen LogP contribution >= 0.6 is 0 Å². The number of nitrogens with zero attached hydrogens (tertiary/aromatic N) is 4. The van der Waals surface area contributed by atoms with E-state index < -0.39 is 12.0 Å². The van der Waals surface area contributed by atoms with Crippen molar-refractivity contribution in [2.45, 2.75) is 38.3 Å². The van der Waals surface area contributed by atoms with Crippen LogP contribution in [0, 0.1) is 0 Å². The van der Waals surface area contributed by atoms with Gasteiger partial charge in [-0.15, -0.1) is 0 Å². The number of pyridine rings is 1. The second-order valence-corrected chi connectivity index (χ2v) is 8.43. The SMILES string of the molecule is COc1c(OCCCC(=O)[C@H]2CCC(=O)O2)ccc2c3n(c(=NC(=O)c4cccnc4)nc12)CCN3. The van der Waals surface area contributed by atoms with Crippen LogP contribution in [0.25, 0.3) is 10.9 Å². The first-order valence-corrected chi connectivity index (χ1v) is 11.7. The van der Waals surface area contributed by atoms with Crippen LogP contribution in [0.4, 0.5) is 5.82 Å². The molecule has 4 heterocycles. The minimum absolute atomic E-state index is 0.0974. The molecule has 1 atom stereocenters. The van der Waals surface area contributed by atoms with Crippen molar-refractivity contribution in [3.05, 3.63) is 47.8 Å². The Kier molecular flexibility index (Phi) is 6.61. The quantitative estimate of drug-likeness (QED) is 0.371. The molecule has 0 bridgehead atoms. The largest absolute Gasteiger partial charge is 0.491 e. The lowest BCUT2D eigenvalue weighted by Crippen LogP contribution is -2.25. The van der Waals surface area contributed by atoms with Crippen LogP contribution in [0.15, 0.2) is 41.7 Å². The summed E-state index contributed by atoms with van der Waals surface area (Å²) >= 11 is 0. The second-order valence-electron chi connectivity index (χ2n) is 8.43. The van der Waals surface area contributed by atoms with Crippen LogP contribution < -0.4 is 20.4 Å². The summed E-state index contributed by atoms with van der Waals surface area (Å²) in [5.41, 5.74) is 1.12. The minimum Gasteiger partial charge on any atom is -0.491 e. The molecular formula is C25H25N5O6. The van der Waals surface area contributed by atoms with Gasteiger partial charge in [0.1, 0.15) is 11.3 Å². The van der Waals surface area contributed by atoms with Gasteiger partial charge in [-0.3, -0.25) is 23.9 Å². The number of ketones is 1. The number of Topliss-reactive ketones (excluding diaryl/α,β-unsaturated/α-hetero) is 1. The molecule has 36 heavy (non-hydrogen) atoms. The van der Waals surface area contributed by atoms with E-state index in [1.807, 2.05) is 10.6 Å². The number of benzene rings is 1. The number of methoxy groups -OCH3 is 1. The maximum atomic E-state index is 12.7. The Hall–Kier alpha value is -4.28. The van der Waals surface area contributed by atoms with E-state index in [1.165, 1.54) is 13.3 Å². The molecule has 0 aliphatic carbocycles. The van der Waals surface area contributed by atoms with Crippen LogP contribution in [0.3, 0.4) is 0 Å². The van der Waals surface area contributed by atoms with E-state index >= 15 is 0 Å². The third-order valence-electron chi connectivity index (χ3n) is 6.08. The number of esters is 1. The molecule has 186 valence electrons. The number of aromatic nitrogens is 3. The second kappa shape index (κ2) is 10.1. The van der Waals surface area contributed by atoms with Crippen LogP contribution in [0.2, 0.25) is 0 Å². The van der Waals surface area contributed by atoms with Crippen LogP contribution in [0.1, 0.15) is 36.0 Å².